The van der Waals surface area contributed by atoms with E-state index >= 15 is 0 Å². The first kappa shape index (κ1) is 21.5. The zero-order valence-corrected chi connectivity index (χ0v) is 15.5. The molecule has 0 fully saturated rings. The Balaban J connectivity index is 0.00000338. The quantitative estimate of drug-likeness (QED) is 0.401. The maximum absolute atomic E-state index is 11.8. The van der Waals surface area contributed by atoms with Gasteiger partial charge in [0.15, 0.2) is 11.5 Å². The Morgan fingerprint density at radius 1 is 1.15 bits per heavy atom. The molecule has 0 aliphatic rings. The number of carbonyl (C=O) groups is 1. The van der Waals surface area contributed by atoms with Gasteiger partial charge in [0.25, 0.3) is 5.91 Å². The summed E-state index contributed by atoms with van der Waals surface area (Å²) in [6, 6.07) is 5.82. The van der Waals surface area contributed by atoms with Crippen molar-refractivity contribution in [1.82, 2.24) is 20.9 Å². The first-order valence-corrected chi connectivity index (χ1v) is 8.11. The van der Waals surface area contributed by atoms with Crippen LogP contribution >= 0.6 is 0 Å². The van der Waals surface area contributed by atoms with Crippen LogP contribution in [0.4, 0.5) is 5.82 Å². The number of anilines is 1. The molecule has 0 bridgehead atoms. The molecule has 10 heteroatoms. The maximum Gasteiger partial charge on any atom is 0.277 e. The van der Waals surface area contributed by atoms with Crippen LogP contribution in [0, 0.1) is 0 Å². The van der Waals surface area contributed by atoms with Gasteiger partial charge in [-0.3, -0.25) is 4.79 Å². The number of hydrogen-bond acceptors (Lipinski definition) is 8. The van der Waals surface area contributed by atoms with Gasteiger partial charge in [0.2, 0.25) is 11.5 Å². The van der Waals surface area contributed by atoms with Crippen molar-refractivity contribution in [1.29, 1.82) is 0 Å². The van der Waals surface area contributed by atoms with Crippen LogP contribution in [-0.4, -0.2) is 42.5 Å². The molecule has 0 unspecified atom stereocenters. The van der Waals surface area contributed by atoms with Gasteiger partial charge in [0, 0.05) is 19.6 Å². The van der Waals surface area contributed by atoms with Crippen LogP contribution in [0.15, 0.2) is 22.8 Å². The number of nitrogens with one attached hydrogen (secondary N) is 2. The summed E-state index contributed by atoms with van der Waals surface area (Å²) in [6.07, 6.45) is 0. The second-order valence-electron chi connectivity index (χ2n) is 5.08. The molecule has 2 aromatic rings. The van der Waals surface area contributed by atoms with Gasteiger partial charge in [0.05, 0.1) is 13.2 Å². The second kappa shape index (κ2) is 11.2. The molecule has 1 heterocycles. The maximum atomic E-state index is 11.8. The fourth-order valence-corrected chi connectivity index (χ4v) is 2.14. The number of amides is 1. The lowest BCUT2D eigenvalue weighted by Gasteiger charge is -2.13. The monoisotopic (exact) mass is 384 g/mol. The van der Waals surface area contributed by atoms with Crippen molar-refractivity contribution in [3.8, 4) is 11.5 Å². The normalized spacial score (nSPS) is 10.1. The van der Waals surface area contributed by atoms with Gasteiger partial charge in [-0.2, -0.15) is 0 Å². The van der Waals surface area contributed by atoms with Crippen molar-refractivity contribution in [3.05, 3.63) is 29.5 Å². The molecule has 0 spiro atoms. The van der Waals surface area contributed by atoms with E-state index in [0.717, 1.165) is 17.1 Å². The summed E-state index contributed by atoms with van der Waals surface area (Å²) in [5, 5.41) is 12.7. The predicted octanol–water partition coefficient (Wildman–Crippen LogP) is -2.03. The minimum atomic E-state index is -0.416. The van der Waals surface area contributed by atoms with E-state index in [-0.39, 0.29) is 23.9 Å². The fraction of sp³-hybridized carbons (Fsp3) is 0.438. The number of ether oxygens (including phenoxy) is 2. The van der Waals surface area contributed by atoms with Crippen LogP contribution < -0.4 is 38.2 Å². The zero-order chi connectivity index (χ0) is 18.1. The van der Waals surface area contributed by atoms with E-state index < -0.39 is 5.91 Å². The number of rotatable bonds is 10. The van der Waals surface area contributed by atoms with Crippen molar-refractivity contribution in [2.75, 3.05) is 32.0 Å². The van der Waals surface area contributed by atoms with Gasteiger partial charge in [-0.25, -0.2) is 4.63 Å². The van der Waals surface area contributed by atoms with Crippen LogP contribution in [0.3, 0.4) is 0 Å². The Bertz CT molecular complexity index is 695. The summed E-state index contributed by atoms with van der Waals surface area (Å²) in [5.74, 6) is 1.02. The molecule has 0 atom stereocenters. The molecule has 0 aliphatic carbocycles. The van der Waals surface area contributed by atoms with E-state index in [4.69, 9.17) is 15.2 Å². The molecule has 0 radical (unpaired) electrons. The molecular weight excluding hydrogens is 362 g/mol. The average Bonchev–Trinajstić information content (AvgIpc) is 3.03. The van der Waals surface area contributed by atoms with Gasteiger partial charge in [-0.1, -0.05) is 6.07 Å². The summed E-state index contributed by atoms with van der Waals surface area (Å²) in [6.45, 7) is 6.65. The Morgan fingerprint density at radius 3 is 2.54 bits per heavy atom. The van der Waals surface area contributed by atoms with Gasteiger partial charge >= 0.3 is 0 Å². The fourth-order valence-electron chi connectivity index (χ4n) is 2.14. The predicted molar refractivity (Wildman–Crippen MR) is 91.5 cm³/mol. The number of hydrogen-bond donors (Lipinski definition) is 3. The van der Waals surface area contributed by atoms with Crippen molar-refractivity contribution in [2.24, 2.45) is 0 Å². The molecule has 9 nitrogen and oxygen atoms in total. The SMILES string of the molecule is CCOc1ccc(CNCCNC(=O)c2nonc2N)cc1OCC.[Cl-]. The Labute approximate surface area is 158 Å². The van der Waals surface area contributed by atoms with Crippen LogP contribution in [0.2, 0.25) is 0 Å². The van der Waals surface area contributed by atoms with E-state index in [1.807, 2.05) is 32.0 Å². The number of aromatic nitrogens is 2. The molecule has 0 aliphatic heterocycles. The standard InChI is InChI=1S/C16H23N5O4.ClH/c1-3-23-12-6-5-11(9-13(12)24-4-2)10-18-7-8-19-16(22)14-15(17)21-25-20-14;/h5-6,9,18H,3-4,7-8,10H2,1-2H3,(H2,17,21)(H,19,22);1H/p-1. The first-order valence-electron chi connectivity index (χ1n) is 8.11. The van der Waals surface area contributed by atoms with Crippen LogP contribution in [0.25, 0.3) is 0 Å². The van der Waals surface area contributed by atoms with Gasteiger partial charge in [0.1, 0.15) is 0 Å². The van der Waals surface area contributed by atoms with Crippen molar-refractivity contribution < 1.29 is 31.3 Å². The summed E-state index contributed by atoms with van der Waals surface area (Å²) in [5.41, 5.74) is 6.51. The lowest BCUT2D eigenvalue weighted by molar-refractivity contribution is -0.0000151. The van der Waals surface area contributed by atoms with Crippen LogP contribution in [0.1, 0.15) is 29.9 Å². The molecule has 0 saturated heterocycles. The second-order valence-corrected chi connectivity index (χ2v) is 5.08. The topological polar surface area (TPSA) is 125 Å². The van der Waals surface area contributed by atoms with E-state index in [1.54, 1.807) is 0 Å². The summed E-state index contributed by atoms with van der Waals surface area (Å²) >= 11 is 0. The lowest BCUT2D eigenvalue weighted by atomic mass is 10.2. The van der Waals surface area contributed by atoms with Crippen molar-refractivity contribution in [3.63, 3.8) is 0 Å². The highest BCUT2D eigenvalue weighted by Crippen LogP contribution is 2.28. The van der Waals surface area contributed by atoms with Crippen molar-refractivity contribution >= 4 is 11.7 Å². The third-order valence-electron chi connectivity index (χ3n) is 3.25. The Morgan fingerprint density at radius 2 is 1.88 bits per heavy atom. The number of nitrogens with two attached hydrogens (primary N) is 1. The third kappa shape index (κ3) is 6.08. The molecule has 1 aromatic heterocycles. The van der Waals surface area contributed by atoms with Gasteiger partial charge < -0.3 is 38.2 Å². The van der Waals surface area contributed by atoms with E-state index in [1.165, 1.54) is 0 Å². The molecular formula is C16H23ClN5O4-. The van der Waals surface area contributed by atoms with Crippen molar-refractivity contribution in [2.45, 2.75) is 20.4 Å². The summed E-state index contributed by atoms with van der Waals surface area (Å²) in [7, 11) is 0. The summed E-state index contributed by atoms with van der Waals surface area (Å²) < 4.78 is 15.5. The lowest BCUT2D eigenvalue weighted by Crippen LogP contribution is -3.00. The Hall–Kier alpha value is -2.52. The summed E-state index contributed by atoms with van der Waals surface area (Å²) in [4.78, 5) is 11.8. The average molecular weight is 385 g/mol. The van der Waals surface area contributed by atoms with Crippen LogP contribution in [0.5, 0.6) is 11.5 Å². The van der Waals surface area contributed by atoms with E-state index in [9.17, 15) is 4.79 Å². The highest BCUT2D eigenvalue weighted by Gasteiger charge is 2.14. The number of carbonyl (C=O) groups excluding carboxylic acids is 1. The van der Waals surface area contributed by atoms with E-state index in [2.05, 4.69) is 25.6 Å². The van der Waals surface area contributed by atoms with Gasteiger partial charge in [-0.15, -0.1) is 0 Å². The highest BCUT2D eigenvalue weighted by molar-refractivity contribution is 5.95. The minimum absolute atomic E-state index is 0. The van der Waals surface area contributed by atoms with Gasteiger partial charge in [-0.05, 0) is 41.9 Å². The molecule has 26 heavy (non-hydrogen) atoms. The van der Waals surface area contributed by atoms with Crippen LogP contribution in [-0.2, 0) is 6.54 Å². The van der Waals surface area contributed by atoms with E-state index in [0.29, 0.717) is 32.8 Å². The molecule has 1 aromatic carbocycles. The number of nitrogens with zero attached hydrogens (tertiary/aromatic N) is 2. The Kier molecular flexibility index (Phi) is 9.24. The zero-order valence-electron chi connectivity index (χ0n) is 14.8. The molecule has 2 rings (SSSR count). The first-order chi connectivity index (χ1) is 12.2. The minimum Gasteiger partial charge on any atom is -1.00 e. The smallest absolute Gasteiger partial charge is 0.277 e. The molecule has 144 valence electrons. The number of nitrogen functional groups attached to an aromatic ring is 1. The molecule has 0 saturated carbocycles. The highest BCUT2D eigenvalue weighted by atomic mass is 35.5. The largest absolute Gasteiger partial charge is 1.00 e. The molecule has 1 amide bonds. The molecule has 4 N–H and O–H groups in total. The number of benzene rings is 1. The third-order valence-corrected chi connectivity index (χ3v) is 3.25. The number of halogens is 1.